The van der Waals surface area contributed by atoms with E-state index >= 15 is 0 Å². The normalized spacial score (nSPS) is 22.8. The van der Waals surface area contributed by atoms with E-state index in [1.807, 2.05) is 19.2 Å². The summed E-state index contributed by atoms with van der Waals surface area (Å²) in [6, 6.07) is 8.45. The number of aliphatic imine (C=N–C) groups is 1. The molecule has 3 atom stereocenters. The van der Waals surface area contributed by atoms with Gasteiger partial charge in [0, 0.05) is 32.2 Å². The van der Waals surface area contributed by atoms with E-state index in [1.165, 1.54) is 12.0 Å². The molecular weight excluding hydrogens is 312 g/mol. The molecule has 0 aromatic heterocycles. The molecule has 1 aliphatic heterocycles. The number of hydrogen-bond acceptors (Lipinski definition) is 3. The van der Waals surface area contributed by atoms with Crippen LogP contribution in [0.4, 0.5) is 0 Å². The highest BCUT2D eigenvalue weighted by molar-refractivity contribution is 5.80. The maximum atomic E-state index is 5.56. The van der Waals surface area contributed by atoms with Gasteiger partial charge < -0.3 is 19.9 Å². The minimum Gasteiger partial charge on any atom is -0.496 e. The van der Waals surface area contributed by atoms with Gasteiger partial charge in [-0.15, -0.1) is 0 Å². The molecule has 0 spiro atoms. The Morgan fingerprint density at radius 3 is 2.48 bits per heavy atom. The van der Waals surface area contributed by atoms with Crippen LogP contribution in [-0.4, -0.2) is 63.6 Å². The molecule has 0 bridgehead atoms. The highest BCUT2D eigenvalue weighted by Crippen LogP contribution is 2.27. The number of ether oxygens (including phenoxy) is 1. The molecule has 1 N–H and O–H groups in total. The number of para-hydroxylation sites is 1. The molecule has 25 heavy (non-hydrogen) atoms. The zero-order valence-corrected chi connectivity index (χ0v) is 16.6. The number of hydrogen-bond donors (Lipinski definition) is 1. The topological polar surface area (TPSA) is 40.1 Å². The Bertz CT molecular complexity index is 563. The molecule has 1 aliphatic rings. The van der Waals surface area contributed by atoms with Gasteiger partial charge in [-0.05, 0) is 38.4 Å². The lowest BCUT2D eigenvalue weighted by molar-refractivity contribution is 0.206. The van der Waals surface area contributed by atoms with Crippen LogP contribution in [0.25, 0.3) is 0 Å². The van der Waals surface area contributed by atoms with Gasteiger partial charge in [-0.2, -0.15) is 0 Å². The minimum atomic E-state index is 0.215. The van der Waals surface area contributed by atoms with Crippen LogP contribution in [0.3, 0.4) is 0 Å². The second-order valence-electron chi connectivity index (χ2n) is 7.50. The van der Waals surface area contributed by atoms with Gasteiger partial charge in [0.15, 0.2) is 5.96 Å². The quantitative estimate of drug-likeness (QED) is 0.657. The molecule has 0 saturated carbocycles. The van der Waals surface area contributed by atoms with Crippen LogP contribution in [0, 0.1) is 11.8 Å². The maximum absolute atomic E-state index is 5.56. The lowest BCUT2D eigenvalue weighted by Crippen LogP contribution is -2.49. The zero-order chi connectivity index (χ0) is 18.4. The molecule has 140 valence electrons. The predicted octanol–water partition coefficient (Wildman–Crippen LogP) is 2.85. The summed E-state index contributed by atoms with van der Waals surface area (Å²) >= 11 is 0. The highest BCUT2D eigenvalue weighted by atomic mass is 16.5. The first-order chi connectivity index (χ1) is 12.0. The summed E-state index contributed by atoms with van der Waals surface area (Å²) in [6.45, 7) is 7.59. The Morgan fingerprint density at radius 1 is 1.28 bits per heavy atom. The average Bonchev–Trinajstić information content (AvgIpc) is 2.57. The third kappa shape index (κ3) is 5.11. The van der Waals surface area contributed by atoms with E-state index in [0.29, 0.717) is 11.8 Å². The molecule has 1 saturated heterocycles. The fourth-order valence-corrected chi connectivity index (χ4v) is 3.87. The van der Waals surface area contributed by atoms with Crippen LogP contribution < -0.4 is 10.1 Å². The number of rotatable bonds is 5. The van der Waals surface area contributed by atoms with Crippen molar-refractivity contribution in [2.45, 2.75) is 26.3 Å². The number of likely N-dealkylation sites (tertiary alicyclic amines) is 1. The molecule has 1 aromatic carbocycles. The van der Waals surface area contributed by atoms with E-state index in [-0.39, 0.29) is 6.04 Å². The lowest BCUT2D eigenvalue weighted by Gasteiger charge is -2.38. The van der Waals surface area contributed by atoms with Gasteiger partial charge in [0.1, 0.15) is 5.75 Å². The summed E-state index contributed by atoms with van der Waals surface area (Å²) in [7, 11) is 7.81. The third-order valence-corrected chi connectivity index (χ3v) is 4.95. The minimum absolute atomic E-state index is 0.215. The predicted molar refractivity (Wildman–Crippen MR) is 105 cm³/mol. The van der Waals surface area contributed by atoms with E-state index in [9.17, 15) is 0 Å². The number of guanidine groups is 1. The number of nitrogens with one attached hydrogen (secondary N) is 1. The fourth-order valence-electron chi connectivity index (χ4n) is 3.87. The van der Waals surface area contributed by atoms with Crippen molar-refractivity contribution in [1.29, 1.82) is 0 Å². The molecule has 3 unspecified atom stereocenters. The number of methoxy groups -OCH3 is 1. The van der Waals surface area contributed by atoms with E-state index in [2.05, 4.69) is 60.2 Å². The Balaban J connectivity index is 2.09. The smallest absolute Gasteiger partial charge is 0.193 e. The summed E-state index contributed by atoms with van der Waals surface area (Å²) in [5, 5.41) is 3.59. The Hall–Kier alpha value is -1.75. The molecule has 0 radical (unpaired) electrons. The molecule has 1 fully saturated rings. The molecule has 2 rings (SSSR count). The molecule has 5 heteroatoms. The molecule has 0 amide bonds. The Kier molecular flexibility index (Phi) is 7.12. The van der Waals surface area contributed by atoms with Crippen molar-refractivity contribution in [2.75, 3.05) is 47.9 Å². The number of nitrogens with zero attached hydrogens (tertiary/aromatic N) is 3. The van der Waals surface area contributed by atoms with E-state index in [1.54, 1.807) is 7.11 Å². The van der Waals surface area contributed by atoms with Gasteiger partial charge in [0.25, 0.3) is 0 Å². The lowest BCUT2D eigenvalue weighted by atomic mass is 9.92. The monoisotopic (exact) mass is 346 g/mol. The third-order valence-electron chi connectivity index (χ3n) is 4.95. The van der Waals surface area contributed by atoms with Crippen LogP contribution in [-0.2, 0) is 0 Å². The summed E-state index contributed by atoms with van der Waals surface area (Å²) in [5.74, 6) is 3.35. The number of piperidine rings is 1. The van der Waals surface area contributed by atoms with Crippen molar-refractivity contribution >= 4 is 5.96 Å². The molecular formula is C20H34N4O. The summed E-state index contributed by atoms with van der Waals surface area (Å²) < 4.78 is 5.56. The summed E-state index contributed by atoms with van der Waals surface area (Å²) in [4.78, 5) is 9.15. The van der Waals surface area contributed by atoms with Crippen molar-refractivity contribution in [1.82, 2.24) is 15.1 Å². The van der Waals surface area contributed by atoms with Gasteiger partial charge >= 0.3 is 0 Å². The maximum Gasteiger partial charge on any atom is 0.193 e. The molecule has 5 nitrogen and oxygen atoms in total. The van der Waals surface area contributed by atoms with Crippen molar-refractivity contribution in [2.24, 2.45) is 16.8 Å². The number of benzene rings is 1. The molecule has 1 aromatic rings. The standard InChI is InChI=1S/C20H34N4O/c1-15-11-16(2)14-24(13-15)20(21-3)22-12-18(23(4)5)17-9-7-8-10-19(17)25-6/h7-10,15-16,18H,11-14H2,1-6H3,(H,21,22). The second-order valence-corrected chi connectivity index (χ2v) is 7.50. The van der Waals surface area contributed by atoms with Gasteiger partial charge in [-0.1, -0.05) is 32.0 Å². The summed E-state index contributed by atoms with van der Waals surface area (Å²) in [6.07, 6.45) is 1.30. The van der Waals surface area contributed by atoms with Gasteiger partial charge in [-0.25, -0.2) is 0 Å². The van der Waals surface area contributed by atoms with Crippen molar-refractivity contribution in [3.8, 4) is 5.75 Å². The SMILES string of the molecule is CN=C(NCC(c1ccccc1OC)N(C)C)N1CC(C)CC(C)C1. The van der Waals surface area contributed by atoms with Crippen LogP contribution in [0.5, 0.6) is 5.75 Å². The first kappa shape index (κ1) is 19.6. The van der Waals surface area contributed by atoms with Gasteiger partial charge in [0.2, 0.25) is 0 Å². The first-order valence-electron chi connectivity index (χ1n) is 9.21. The largest absolute Gasteiger partial charge is 0.496 e. The van der Waals surface area contributed by atoms with Crippen molar-refractivity contribution in [3.63, 3.8) is 0 Å². The highest BCUT2D eigenvalue weighted by Gasteiger charge is 2.25. The van der Waals surface area contributed by atoms with Crippen molar-refractivity contribution < 1.29 is 4.74 Å². The van der Waals surface area contributed by atoms with Gasteiger partial charge in [0.05, 0.1) is 13.2 Å². The van der Waals surface area contributed by atoms with E-state index in [0.717, 1.165) is 31.3 Å². The van der Waals surface area contributed by atoms with Crippen LogP contribution in [0.15, 0.2) is 29.3 Å². The molecule has 1 heterocycles. The molecule has 0 aliphatic carbocycles. The average molecular weight is 347 g/mol. The van der Waals surface area contributed by atoms with Gasteiger partial charge in [-0.3, -0.25) is 4.99 Å². The first-order valence-corrected chi connectivity index (χ1v) is 9.21. The number of likely N-dealkylation sites (N-methyl/N-ethyl adjacent to an activating group) is 1. The fraction of sp³-hybridized carbons (Fsp3) is 0.650. The van der Waals surface area contributed by atoms with Crippen LogP contribution in [0.2, 0.25) is 0 Å². The van der Waals surface area contributed by atoms with E-state index < -0.39 is 0 Å². The zero-order valence-electron chi connectivity index (χ0n) is 16.6. The van der Waals surface area contributed by atoms with E-state index in [4.69, 9.17) is 4.74 Å². The second kappa shape index (κ2) is 9.09. The van der Waals surface area contributed by atoms with Crippen LogP contribution >= 0.6 is 0 Å². The van der Waals surface area contributed by atoms with Crippen molar-refractivity contribution in [3.05, 3.63) is 29.8 Å². The Morgan fingerprint density at radius 2 is 1.92 bits per heavy atom. The van der Waals surface area contributed by atoms with Crippen LogP contribution in [0.1, 0.15) is 31.9 Å². The summed E-state index contributed by atoms with van der Waals surface area (Å²) in [5.41, 5.74) is 1.19. The Labute approximate surface area is 153 Å².